The average Bonchev–Trinajstić information content (AvgIpc) is 2.72. The molecule has 5 nitrogen and oxygen atoms in total. The molecule has 1 rings (SSSR count). The maximum absolute atomic E-state index is 12.9. The van der Waals surface area contributed by atoms with Gasteiger partial charge in [0, 0.05) is 6.08 Å². The average molecular weight is 461 g/mol. The molecule has 0 heterocycles. The van der Waals surface area contributed by atoms with Crippen LogP contribution in [0.15, 0.2) is 30.3 Å². The van der Waals surface area contributed by atoms with Gasteiger partial charge in [0.15, 0.2) is 0 Å². The molecule has 0 spiro atoms. The minimum atomic E-state index is -0.510. The minimum absolute atomic E-state index is 0.0567. The summed E-state index contributed by atoms with van der Waals surface area (Å²) in [4.78, 5) is 24.1. The summed E-state index contributed by atoms with van der Waals surface area (Å²) < 4.78 is 16.1. The first-order valence-electron chi connectivity index (χ1n) is 11.9. The van der Waals surface area contributed by atoms with Crippen LogP contribution >= 0.6 is 0 Å². The number of hydrogen-bond acceptors (Lipinski definition) is 5. The summed E-state index contributed by atoms with van der Waals surface area (Å²) in [5.41, 5.74) is 0.294. The monoisotopic (exact) mass is 460 g/mol. The fourth-order valence-corrected chi connectivity index (χ4v) is 3.68. The van der Waals surface area contributed by atoms with Crippen molar-refractivity contribution in [2.75, 3.05) is 20.3 Å². The highest BCUT2D eigenvalue weighted by molar-refractivity contribution is 5.86. The molecule has 1 aromatic rings. The van der Waals surface area contributed by atoms with Crippen molar-refractivity contribution in [1.82, 2.24) is 0 Å². The zero-order valence-electron chi connectivity index (χ0n) is 22.0. The van der Waals surface area contributed by atoms with Crippen molar-refractivity contribution in [2.45, 2.75) is 80.6 Å². The van der Waals surface area contributed by atoms with E-state index in [-0.39, 0.29) is 22.8 Å². The zero-order chi connectivity index (χ0) is 25.1. The molecule has 0 N–H and O–H groups in total. The summed E-state index contributed by atoms with van der Waals surface area (Å²) in [7, 11) is 1.35. The van der Waals surface area contributed by atoms with E-state index in [4.69, 9.17) is 9.47 Å². The van der Waals surface area contributed by atoms with Crippen molar-refractivity contribution in [1.29, 1.82) is 0 Å². The summed E-state index contributed by atoms with van der Waals surface area (Å²) in [6.45, 7) is 16.0. The fourth-order valence-electron chi connectivity index (χ4n) is 3.68. The quantitative estimate of drug-likeness (QED) is 0.194. The molecule has 0 saturated heterocycles. The summed E-state index contributed by atoms with van der Waals surface area (Å²) >= 11 is 0. The van der Waals surface area contributed by atoms with E-state index in [2.05, 4.69) is 46.3 Å². The smallest absolute Gasteiger partial charge is 0.330 e. The van der Waals surface area contributed by atoms with Crippen LogP contribution in [0.25, 0.3) is 6.08 Å². The van der Waals surface area contributed by atoms with Crippen LogP contribution in [0.1, 0.15) is 86.1 Å². The lowest BCUT2D eigenvalue weighted by atomic mass is 9.61. The fraction of sp³-hybridized carbons (Fsp3) is 0.643. The molecule has 0 aliphatic carbocycles. The Bertz CT molecular complexity index is 765. The van der Waals surface area contributed by atoms with Crippen LogP contribution in [0.2, 0.25) is 0 Å². The van der Waals surface area contributed by atoms with Gasteiger partial charge in [-0.1, -0.05) is 53.7 Å². The Morgan fingerprint density at radius 1 is 0.848 bits per heavy atom. The molecule has 0 aromatic heterocycles. The summed E-state index contributed by atoms with van der Waals surface area (Å²) in [6, 6.07) is 7.57. The number of carbonyl (C=O) groups is 2. The predicted octanol–water partition coefficient (Wildman–Crippen LogP) is 6.84. The van der Waals surface area contributed by atoms with Crippen molar-refractivity contribution < 1.29 is 23.8 Å². The Labute approximate surface area is 200 Å². The van der Waals surface area contributed by atoms with Crippen LogP contribution in [0.4, 0.5) is 0 Å². The highest BCUT2D eigenvalue weighted by Gasteiger charge is 2.47. The van der Waals surface area contributed by atoms with Crippen LogP contribution in [0.3, 0.4) is 0 Å². The normalized spacial score (nSPS) is 14.1. The first-order chi connectivity index (χ1) is 15.3. The van der Waals surface area contributed by atoms with Crippen LogP contribution in [0, 0.1) is 16.2 Å². The topological polar surface area (TPSA) is 61.8 Å². The number of rotatable bonds is 12. The third kappa shape index (κ3) is 10.4. The first kappa shape index (κ1) is 28.7. The lowest BCUT2D eigenvalue weighted by molar-refractivity contribution is -0.165. The molecule has 1 unspecified atom stereocenters. The van der Waals surface area contributed by atoms with Crippen LogP contribution in [-0.2, 0) is 19.1 Å². The Balaban J connectivity index is 2.29. The van der Waals surface area contributed by atoms with E-state index in [1.54, 1.807) is 6.08 Å². The minimum Gasteiger partial charge on any atom is -0.494 e. The molecule has 186 valence electrons. The third-order valence-electron chi connectivity index (χ3n) is 6.02. The van der Waals surface area contributed by atoms with Crippen molar-refractivity contribution in [2.24, 2.45) is 16.2 Å². The lowest BCUT2D eigenvalue weighted by Gasteiger charge is -2.43. The van der Waals surface area contributed by atoms with Crippen molar-refractivity contribution in [3.63, 3.8) is 0 Å². The van der Waals surface area contributed by atoms with Gasteiger partial charge in [0.25, 0.3) is 0 Å². The van der Waals surface area contributed by atoms with Gasteiger partial charge in [-0.2, -0.15) is 0 Å². The van der Waals surface area contributed by atoms with Gasteiger partial charge in [-0.25, -0.2) is 4.79 Å². The lowest BCUT2D eigenvalue weighted by Crippen LogP contribution is -2.44. The number of ether oxygens (including phenoxy) is 3. The van der Waals surface area contributed by atoms with Gasteiger partial charge in [-0.15, -0.1) is 0 Å². The molecular formula is C28H44O5. The van der Waals surface area contributed by atoms with Crippen LogP contribution in [0.5, 0.6) is 5.75 Å². The Morgan fingerprint density at radius 3 is 1.94 bits per heavy atom. The molecule has 0 aliphatic rings. The molecular weight excluding hydrogens is 416 g/mol. The van der Waals surface area contributed by atoms with Gasteiger partial charge in [-0.3, -0.25) is 4.79 Å². The van der Waals surface area contributed by atoms with Crippen molar-refractivity contribution >= 4 is 18.0 Å². The molecule has 0 radical (unpaired) electrons. The van der Waals surface area contributed by atoms with E-state index < -0.39 is 5.41 Å². The molecule has 0 fully saturated rings. The summed E-state index contributed by atoms with van der Waals surface area (Å²) in [5.74, 6) is 0.343. The van der Waals surface area contributed by atoms with E-state index in [1.165, 1.54) is 13.2 Å². The first-order valence-corrected chi connectivity index (χ1v) is 11.9. The number of unbranched alkanes of at least 4 members (excludes halogenated alkanes) is 3. The van der Waals surface area contributed by atoms with E-state index in [1.807, 2.05) is 31.2 Å². The number of carbonyl (C=O) groups excluding carboxylic acids is 2. The Morgan fingerprint density at radius 2 is 1.42 bits per heavy atom. The van der Waals surface area contributed by atoms with E-state index in [0.717, 1.165) is 43.4 Å². The molecule has 0 aliphatic heterocycles. The molecule has 0 saturated carbocycles. The highest BCUT2D eigenvalue weighted by Crippen LogP contribution is 2.47. The van der Waals surface area contributed by atoms with Gasteiger partial charge < -0.3 is 14.2 Å². The van der Waals surface area contributed by atoms with Gasteiger partial charge >= 0.3 is 11.9 Å². The second-order valence-corrected chi connectivity index (χ2v) is 11.1. The predicted molar refractivity (Wildman–Crippen MR) is 134 cm³/mol. The SMILES string of the molecule is COC(=O)C=Cc1ccc(OCCCCCCOC(=O)C(C)(CC(C)(C)C)C(C)(C)C)cc1. The molecule has 1 atom stereocenters. The number of benzene rings is 1. The Kier molecular flexibility index (Phi) is 11.2. The molecule has 5 heteroatoms. The van der Waals surface area contributed by atoms with E-state index >= 15 is 0 Å². The van der Waals surface area contributed by atoms with Gasteiger partial charge in [-0.05, 0) is 73.6 Å². The summed E-state index contributed by atoms with van der Waals surface area (Å²) in [6.07, 6.45) is 7.72. The molecule has 1 aromatic carbocycles. The maximum Gasteiger partial charge on any atom is 0.330 e. The highest BCUT2D eigenvalue weighted by atomic mass is 16.5. The maximum atomic E-state index is 12.9. The van der Waals surface area contributed by atoms with Crippen molar-refractivity contribution in [3.8, 4) is 5.75 Å². The molecule has 0 amide bonds. The third-order valence-corrected chi connectivity index (χ3v) is 6.02. The second-order valence-electron chi connectivity index (χ2n) is 11.1. The van der Waals surface area contributed by atoms with Crippen LogP contribution < -0.4 is 4.74 Å². The number of esters is 2. The van der Waals surface area contributed by atoms with Crippen LogP contribution in [-0.4, -0.2) is 32.3 Å². The van der Waals surface area contributed by atoms with Gasteiger partial charge in [0.2, 0.25) is 0 Å². The van der Waals surface area contributed by atoms with E-state index in [0.29, 0.717) is 13.2 Å². The van der Waals surface area contributed by atoms with Gasteiger partial charge in [0.05, 0.1) is 25.7 Å². The standard InChI is InChI=1S/C28H44O5/c1-26(2,3)21-28(7,27(4,5)6)25(30)33-20-12-10-9-11-19-32-23-16-13-22(14-17-23)15-18-24(29)31-8/h13-18H,9-12,19-21H2,1-8H3. The molecule has 33 heavy (non-hydrogen) atoms. The Hall–Kier alpha value is -2.30. The zero-order valence-corrected chi connectivity index (χ0v) is 22.0. The summed E-state index contributed by atoms with van der Waals surface area (Å²) in [5, 5.41) is 0. The molecule has 0 bridgehead atoms. The van der Waals surface area contributed by atoms with E-state index in [9.17, 15) is 9.59 Å². The van der Waals surface area contributed by atoms with Gasteiger partial charge in [0.1, 0.15) is 5.75 Å². The second kappa shape index (κ2) is 12.8. The number of methoxy groups -OCH3 is 1. The van der Waals surface area contributed by atoms with Crippen molar-refractivity contribution in [3.05, 3.63) is 35.9 Å². The number of hydrogen-bond donors (Lipinski definition) is 0. The largest absolute Gasteiger partial charge is 0.494 e.